The van der Waals surface area contributed by atoms with E-state index in [0.717, 1.165) is 16.7 Å². The van der Waals surface area contributed by atoms with Crippen LogP contribution in [-0.4, -0.2) is 50.9 Å². The Morgan fingerprint density at radius 1 is 0.921 bits per heavy atom. The number of carbonyl (C=O) groups is 2. The van der Waals surface area contributed by atoms with E-state index in [0.29, 0.717) is 24.7 Å². The predicted molar refractivity (Wildman–Crippen MR) is 142 cm³/mol. The highest BCUT2D eigenvalue weighted by Crippen LogP contribution is 2.34. The van der Waals surface area contributed by atoms with E-state index in [4.69, 9.17) is 14.0 Å². The van der Waals surface area contributed by atoms with Crippen LogP contribution in [0, 0.1) is 0 Å². The van der Waals surface area contributed by atoms with Gasteiger partial charge in [0.25, 0.3) is 0 Å². The molecule has 4 rings (SSSR count). The summed E-state index contributed by atoms with van der Waals surface area (Å²) in [4.78, 5) is 35.3. The molecule has 3 aromatic rings. The summed E-state index contributed by atoms with van der Waals surface area (Å²) in [6, 6.07) is 17.6. The largest absolute Gasteiger partial charge is 0.444 e. The van der Waals surface area contributed by atoms with Gasteiger partial charge in [-0.15, -0.1) is 4.99 Å². The van der Waals surface area contributed by atoms with Crippen molar-refractivity contribution in [2.75, 3.05) is 6.54 Å². The minimum atomic E-state index is -0.834. The molecule has 1 aliphatic heterocycles. The molecule has 0 radical (unpaired) electrons. The second kappa shape index (κ2) is 10.6. The van der Waals surface area contributed by atoms with Gasteiger partial charge in [0.1, 0.15) is 17.2 Å². The molecule has 10 nitrogen and oxygen atoms in total. The number of guanidine groups is 1. The summed E-state index contributed by atoms with van der Waals surface area (Å²) in [6.07, 6.45) is -0.910. The van der Waals surface area contributed by atoms with Crippen molar-refractivity contribution < 1.29 is 23.6 Å². The summed E-state index contributed by atoms with van der Waals surface area (Å²) in [5, 5.41) is 6.72. The number of nitrogens with zero attached hydrogens (tertiary/aromatic N) is 4. The molecule has 0 unspecified atom stereocenters. The van der Waals surface area contributed by atoms with E-state index < -0.39 is 23.4 Å². The normalized spacial score (nSPS) is 16.0. The number of aliphatic imine (C=N–C) groups is 1. The van der Waals surface area contributed by atoms with E-state index in [2.05, 4.69) is 20.4 Å². The van der Waals surface area contributed by atoms with Crippen molar-refractivity contribution in [3.8, 4) is 22.5 Å². The standard InChI is InChI=1S/C28H33N5O5/c1-27(2,3)36-25(34)30-24(31-26(35)37-28(4,5)6)33-17-16-21(33)23-29-22(32-38-23)20-14-12-19(13-15-20)18-10-8-7-9-11-18/h7-15,21H,16-17H2,1-6H3,(H,30,31,34,35)/t21-/m0/s1. The summed E-state index contributed by atoms with van der Waals surface area (Å²) >= 11 is 0. The van der Waals surface area contributed by atoms with Crippen molar-refractivity contribution in [3.05, 3.63) is 60.5 Å². The van der Waals surface area contributed by atoms with E-state index in [1.807, 2.05) is 54.6 Å². The maximum Gasteiger partial charge on any atom is 0.437 e. The van der Waals surface area contributed by atoms with Gasteiger partial charge >= 0.3 is 12.2 Å². The van der Waals surface area contributed by atoms with E-state index in [9.17, 15) is 9.59 Å². The zero-order valence-corrected chi connectivity index (χ0v) is 22.5. The van der Waals surface area contributed by atoms with Crippen LogP contribution in [-0.2, 0) is 9.47 Å². The van der Waals surface area contributed by atoms with Crippen molar-refractivity contribution in [1.82, 2.24) is 20.4 Å². The SMILES string of the molecule is CC(C)(C)OC(=O)N=C(NC(=O)OC(C)(C)C)N1CC[C@H]1c1nc(-c2ccc(-c3ccccc3)cc2)no1. The van der Waals surface area contributed by atoms with E-state index in [-0.39, 0.29) is 12.0 Å². The first-order chi connectivity index (χ1) is 17.9. The van der Waals surface area contributed by atoms with Crippen LogP contribution in [0.25, 0.3) is 22.5 Å². The van der Waals surface area contributed by atoms with Crippen LogP contribution in [0.5, 0.6) is 0 Å². The Morgan fingerprint density at radius 2 is 1.53 bits per heavy atom. The fourth-order valence-corrected chi connectivity index (χ4v) is 3.76. The quantitative estimate of drug-likeness (QED) is 0.332. The van der Waals surface area contributed by atoms with Crippen LogP contribution >= 0.6 is 0 Å². The first-order valence-electron chi connectivity index (χ1n) is 12.5. The minimum Gasteiger partial charge on any atom is -0.444 e. The Bertz CT molecular complexity index is 1300. The van der Waals surface area contributed by atoms with Crippen molar-refractivity contribution in [3.63, 3.8) is 0 Å². The molecule has 1 saturated heterocycles. The van der Waals surface area contributed by atoms with Gasteiger partial charge in [0.2, 0.25) is 17.7 Å². The Labute approximate surface area is 222 Å². The highest BCUT2D eigenvalue weighted by atomic mass is 16.6. The molecule has 1 N–H and O–H groups in total. The number of amides is 2. The lowest BCUT2D eigenvalue weighted by atomic mass is 10.0. The number of ether oxygens (including phenoxy) is 2. The van der Waals surface area contributed by atoms with Crippen molar-refractivity contribution in [2.45, 2.75) is 65.2 Å². The smallest absolute Gasteiger partial charge is 0.437 e. The van der Waals surface area contributed by atoms with Crippen LogP contribution in [0.3, 0.4) is 0 Å². The molecule has 1 aromatic heterocycles. The molecule has 0 saturated carbocycles. The maximum atomic E-state index is 12.5. The molecule has 38 heavy (non-hydrogen) atoms. The number of hydrogen-bond donors (Lipinski definition) is 1. The first-order valence-corrected chi connectivity index (χ1v) is 12.5. The molecule has 1 atom stereocenters. The average molecular weight is 520 g/mol. The number of benzene rings is 2. The topological polar surface area (TPSA) is 119 Å². The summed E-state index contributed by atoms with van der Waals surface area (Å²) in [5.74, 6) is 0.787. The predicted octanol–water partition coefficient (Wildman–Crippen LogP) is 5.97. The fraction of sp³-hybridized carbons (Fsp3) is 0.393. The molecule has 2 heterocycles. The number of hydrogen-bond acceptors (Lipinski definition) is 7. The minimum absolute atomic E-state index is 0.00304. The Kier molecular flexibility index (Phi) is 7.52. The van der Waals surface area contributed by atoms with Gasteiger partial charge in [0.05, 0.1) is 0 Å². The van der Waals surface area contributed by atoms with Crippen LogP contribution in [0.4, 0.5) is 9.59 Å². The van der Waals surface area contributed by atoms with E-state index in [1.54, 1.807) is 46.4 Å². The molecular formula is C28H33N5O5. The summed E-state index contributed by atoms with van der Waals surface area (Å²) in [5.41, 5.74) is 1.53. The van der Waals surface area contributed by atoms with E-state index >= 15 is 0 Å². The van der Waals surface area contributed by atoms with Crippen LogP contribution in [0.1, 0.15) is 59.9 Å². The summed E-state index contributed by atoms with van der Waals surface area (Å²) in [6.45, 7) is 11.0. The maximum absolute atomic E-state index is 12.5. The van der Waals surface area contributed by atoms with E-state index in [1.165, 1.54) is 0 Å². The van der Waals surface area contributed by atoms with Gasteiger partial charge in [-0.1, -0.05) is 59.8 Å². The first kappa shape index (κ1) is 26.8. The van der Waals surface area contributed by atoms with Crippen LogP contribution < -0.4 is 5.32 Å². The zero-order valence-electron chi connectivity index (χ0n) is 22.5. The molecule has 200 valence electrons. The zero-order chi connectivity index (χ0) is 27.5. The Balaban J connectivity index is 1.52. The average Bonchev–Trinajstić information content (AvgIpc) is 3.25. The number of nitrogens with one attached hydrogen (secondary N) is 1. The van der Waals surface area contributed by atoms with Gasteiger partial charge in [-0.25, -0.2) is 9.59 Å². The van der Waals surface area contributed by atoms with Gasteiger partial charge in [-0.3, -0.25) is 5.32 Å². The lowest BCUT2D eigenvalue weighted by Gasteiger charge is -2.40. The number of likely N-dealkylation sites (tertiary alicyclic amines) is 1. The Hall–Kier alpha value is -4.21. The second-order valence-electron chi connectivity index (χ2n) is 10.9. The molecule has 2 amide bonds. The van der Waals surface area contributed by atoms with Gasteiger partial charge in [0, 0.05) is 12.1 Å². The third-order valence-corrected chi connectivity index (χ3v) is 5.47. The van der Waals surface area contributed by atoms with Gasteiger partial charge in [0.15, 0.2) is 0 Å². The van der Waals surface area contributed by atoms with Crippen LogP contribution in [0.15, 0.2) is 64.1 Å². The molecule has 2 aromatic carbocycles. The van der Waals surface area contributed by atoms with Crippen LogP contribution in [0.2, 0.25) is 0 Å². The Morgan fingerprint density at radius 3 is 2.11 bits per heavy atom. The third-order valence-electron chi connectivity index (χ3n) is 5.47. The van der Waals surface area contributed by atoms with Crippen molar-refractivity contribution in [2.24, 2.45) is 4.99 Å². The third kappa shape index (κ3) is 6.96. The highest BCUT2D eigenvalue weighted by Gasteiger charge is 2.38. The van der Waals surface area contributed by atoms with Gasteiger partial charge in [-0.2, -0.15) is 4.98 Å². The number of rotatable bonds is 3. The van der Waals surface area contributed by atoms with Crippen molar-refractivity contribution in [1.29, 1.82) is 0 Å². The molecule has 1 fully saturated rings. The second-order valence-corrected chi connectivity index (χ2v) is 10.9. The molecule has 0 spiro atoms. The molecule has 0 aliphatic carbocycles. The summed E-state index contributed by atoms with van der Waals surface area (Å²) in [7, 11) is 0. The fourth-order valence-electron chi connectivity index (χ4n) is 3.76. The lowest BCUT2D eigenvalue weighted by molar-refractivity contribution is 0.0535. The number of alkyl carbamates (subject to hydrolysis) is 1. The highest BCUT2D eigenvalue weighted by molar-refractivity contribution is 5.99. The molecular weight excluding hydrogens is 486 g/mol. The van der Waals surface area contributed by atoms with Gasteiger partial charge < -0.3 is 18.9 Å². The molecule has 1 aliphatic rings. The summed E-state index contributed by atoms with van der Waals surface area (Å²) < 4.78 is 16.2. The molecule has 10 heteroatoms. The number of carbonyl (C=O) groups excluding carboxylic acids is 2. The number of aromatic nitrogens is 2. The lowest BCUT2D eigenvalue weighted by Crippen LogP contribution is -2.53. The molecule has 0 bridgehead atoms. The van der Waals surface area contributed by atoms with Gasteiger partial charge in [-0.05, 0) is 59.1 Å². The monoisotopic (exact) mass is 519 g/mol. The van der Waals surface area contributed by atoms with Crippen molar-refractivity contribution >= 4 is 18.1 Å².